The minimum atomic E-state index is -0.527. The molecule has 0 aliphatic carbocycles. The Bertz CT molecular complexity index is 819. The molecule has 1 heterocycles. The van der Waals surface area contributed by atoms with Crippen LogP contribution in [0.1, 0.15) is 34.3 Å². The van der Waals surface area contributed by atoms with Gasteiger partial charge in [-0.05, 0) is 24.3 Å². The summed E-state index contributed by atoms with van der Waals surface area (Å²) < 4.78 is 30.2. The number of hydrogen-bond acceptors (Lipinski definition) is 5. The van der Waals surface area contributed by atoms with Crippen LogP contribution in [0, 0.1) is 5.82 Å². The molecular weight excluding hydrogens is 407 g/mol. The van der Waals surface area contributed by atoms with Gasteiger partial charge in [-0.15, -0.1) is 0 Å². The average molecular weight is 423 g/mol. The highest BCUT2D eigenvalue weighted by atomic mass is 79.9. The summed E-state index contributed by atoms with van der Waals surface area (Å²) >= 11 is 3.30. The zero-order valence-corrected chi connectivity index (χ0v) is 15.4. The van der Waals surface area contributed by atoms with E-state index < -0.39 is 11.8 Å². The Hall–Kier alpha value is -2.25. The molecule has 2 aromatic rings. The van der Waals surface area contributed by atoms with E-state index >= 15 is 0 Å². The van der Waals surface area contributed by atoms with Crippen molar-refractivity contribution in [1.29, 1.82) is 0 Å². The number of ketones is 1. The summed E-state index contributed by atoms with van der Waals surface area (Å²) in [7, 11) is 0. The summed E-state index contributed by atoms with van der Waals surface area (Å²) in [4.78, 5) is 24.0. The normalized spacial score (nSPS) is 12.8. The Labute approximate surface area is 158 Å². The molecule has 0 unspecified atom stereocenters. The summed E-state index contributed by atoms with van der Waals surface area (Å²) in [6, 6.07) is 9.51. The maximum Gasteiger partial charge on any atom is 0.306 e. The van der Waals surface area contributed by atoms with Crippen LogP contribution >= 0.6 is 15.9 Å². The largest absolute Gasteiger partial charge is 0.467 e. The van der Waals surface area contributed by atoms with Gasteiger partial charge >= 0.3 is 5.97 Å². The van der Waals surface area contributed by atoms with Gasteiger partial charge in [0.1, 0.15) is 18.2 Å². The summed E-state index contributed by atoms with van der Waals surface area (Å²) in [5, 5.41) is 0. The first-order valence-corrected chi connectivity index (χ1v) is 8.78. The first-order chi connectivity index (χ1) is 12.5. The Kier molecular flexibility index (Phi) is 6.00. The Morgan fingerprint density at radius 2 is 1.92 bits per heavy atom. The second-order valence-electron chi connectivity index (χ2n) is 5.75. The predicted molar refractivity (Wildman–Crippen MR) is 94.2 cm³/mol. The number of benzene rings is 2. The van der Waals surface area contributed by atoms with Gasteiger partial charge in [-0.25, -0.2) is 4.39 Å². The summed E-state index contributed by atoms with van der Waals surface area (Å²) in [5.74, 6) is -0.635. The van der Waals surface area contributed by atoms with Crippen LogP contribution in [0.2, 0.25) is 0 Å². The van der Waals surface area contributed by atoms with E-state index in [4.69, 9.17) is 14.2 Å². The minimum Gasteiger partial charge on any atom is -0.467 e. The van der Waals surface area contributed by atoms with E-state index in [1.165, 1.54) is 12.1 Å². The van der Waals surface area contributed by atoms with Gasteiger partial charge in [0.25, 0.3) is 0 Å². The lowest BCUT2D eigenvalue weighted by Crippen LogP contribution is -2.15. The number of Topliss-reactive ketones (excluding diaryl/α,β-unsaturated/α-hetero) is 1. The van der Waals surface area contributed by atoms with Crippen molar-refractivity contribution in [2.45, 2.75) is 26.1 Å². The van der Waals surface area contributed by atoms with Crippen LogP contribution in [0.4, 0.5) is 4.39 Å². The fourth-order valence-electron chi connectivity index (χ4n) is 2.59. The van der Waals surface area contributed by atoms with E-state index in [0.717, 1.165) is 4.47 Å². The van der Waals surface area contributed by atoms with Crippen molar-refractivity contribution >= 4 is 27.7 Å². The third-order valence-electron chi connectivity index (χ3n) is 3.86. The van der Waals surface area contributed by atoms with Crippen LogP contribution in [0.5, 0.6) is 5.75 Å². The molecule has 0 bridgehead atoms. The molecule has 136 valence electrons. The molecular formula is C19H16BrFO5. The number of carbonyl (C=O) groups is 2. The van der Waals surface area contributed by atoms with Gasteiger partial charge in [-0.1, -0.05) is 28.1 Å². The Morgan fingerprint density at radius 1 is 1.15 bits per heavy atom. The first-order valence-electron chi connectivity index (χ1n) is 7.99. The summed E-state index contributed by atoms with van der Waals surface area (Å²) in [6.07, 6.45) is 0.00242. The second-order valence-corrected chi connectivity index (χ2v) is 6.67. The SMILES string of the molecule is O=C(CCC(=O)c1ccc(Br)cc1)OCc1cc(F)cc2c1OCOC2. The Morgan fingerprint density at radius 3 is 2.69 bits per heavy atom. The number of ether oxygens (including phenoxy) is 3. The fraction of sp³-hybridized carbons (Fsp3) is 0.263. The smallest absolute Gasteiger partial charge is 0.306 e. The third kappa shape index (κ3) is 4.68. The van der Waals surface area contributed by atoms with Crippen LogP contribution in [0.15, 0.2) is 40.9 Å². The van der Waals surface area contributed by atoms with Gasteiger partial charge in [0.15, 0.2) is 12.6 Å². The molecule has 2 aromatic carbocycles. The molecule has 0 amide bonds. The zero-order valence-electron chi connectivity index (χ0n) is 13.8. The van der Waals surface area contributed by atoms with Crippen LogP contribution in [0.3, 0.4) is 0 Å². The van der Waals surface area contributed by atoms with Crippen molar-refractivity contribution in [2.24, 2.45) is 0 Å². The van der Waals surface area contributed by atoms with Gasteiger partial charge in [0.05, 0.1) is 13.0 Å². The molecule has 0 aromatic heterocycles. The average Bonchev–Trinajstić information content (AvgIpc) is 2.64. The summed E-state index contributed by atoms with van der Waals surface area (Å²) in [6.45, 7) is 0.197. The van der Waals surface area contributed by atoms with Crippen LogP contribution in [0.25, 0.3) is 0 Å². The molecule has 0 fully saturated rings. The number of halogens is 2. The quantitative estimate of drug-likeness (QED) is 0.516. The molecule has 0 radical (unpaired) electrons. The molecule has 0 saturated heterocycles. The molecule has 0 N–H and O–H groups in total. The Balaban J connectivity index is 1.54. The van der Waals surface area contributed by atoms with Crippen LogP contribution in [-0.2, 0) is 27.5 Å². The molecule has 3 rings (SSSR count). The van der Waals surface area contributed by atoms with E-state index in [1.807, 2.05) is 0 Å². The number of hydrogen-bond donors (Lipinski definition) is 0. The molecule has 7 heteroatoms. The highest BCUT2D eigenvalue weighted by molar-refractivity contribution is 9.10. The van der Waals surface area contributed by atoms with Gasteiger partial charge < -0.3 is 14.2 Å². The minimum absolute atomic E-state index is 0.0453. The monoisotopic (exact) mass is 422 g/mol. The third-order valence-corrected chi connectivity index (χ3v) is 4.39. The lowest BCUT2D eigenvalue weighted by atomic mass is 10.1. The van der Waals surface area contributed by atoms with Crippen molar-refractivity contribution < 1.29 is 28.2 Å². The van der Waals surface area contributed by atoms with Crippen molar-refractivity contribution in [3.63, 3.8) is 0 Å². The molecule has 5 nitrogen and oxygen atoms in total. The van der Waals surface area contributed by atoms with E-state index in [1.54, 1.807) is 24.3 Å². The van der Waals surface area contributed by atoms with Crippen molar-refractivity contribution in [2.75, 3.05) is 6.79 Å². The van der Waals surface area contributed by atoms with Crippen molar-refractivity contribution in [1.82, 2.24) is 0 Å². The van der Waals surface area contributed by atoms with E-state index in [9.17, 15) is 14.0 Å². The highest BCUT2D eigenvalue weighted by Crippen LogP contribution is 2.30. The molecule has 0 atom stereocenters. The number of carbonyl (C=O) groups excluding carboxylic acids is 2. The number of esters is 1. The van der Waals surface area contributed by atoms with Gasteiger partial charge in [0, 0.05) is 27.6 Å². The maximum atomic E-state index is 13.6. The fourth-order valence-corrected chi connectivity index (χ4v) is 2.85. The summed E-state index contributed by atoms with van der Waals surface area (Å²) in [5.41, 5.74) is 1.55. The van der Waals surface area contributed by atoms with Crippen LogP contribution in [-0.4, -0.2) is 18.5 Å². The molecule has 0 spiro atoms. The van der Waals surface area contributed by atoms with Gasteiger partial charge in [-0.2, -0.15) is 0 Å². The zero-order chi connectivity index (χ0) is 18.5. The van der Waals surface area contributed by atoms with E-state index in [0.29, 0.717) is 22.4 Å². The van der Waals surface area contributed by atoms with E-state index in [-0.39, 0.29) is 38.6 Å². The predicted octanol–water partition coefficient (Wildman–Crippen LogP) is 4.16. The lowest BCUT2D eigenvalue weighted by Gasteiger charge is -2.20. The highest BCUT2D eigenvalue weighted by Gasteiger charge is 2.18. The van der Waals surface area contributed by atoms with Gasteiger partial charge in [-0.3, -0.25) is 9.59 Å². The molecule has 0 saturated carbocycles. The first kappa shape index (κ1) is 18.5. The number of rotatable bonds is 6. The van der Waals surface area contributed by atoms with Crippen molar-refractivity contribution in [3.8, 4) is 5.75 Å². The standard InChI is InChI=1S/C19H16BrFO5/c20-15-3-1-12(2-4-15)17(22)5-6-18(23)25-10-14-8-16(21)7-13-9-24-11-26-19(13)14/h1-4,7-8H,5-6,9-11H2. The number of fused-ring (bicyclic) bond motifs is 1. The molecule has 1 aliphatic heterocycles. The van der Waals surface area contributed by atoms with E-state index in [2.05, 4.69) is 15.9 Å². The molecule has 1 aliphatic rings. The second kappa shape index (κ2) is 8.42. The molecule has 26 heavy (non-hydrogen) atoms. The van der Waals surface area contributed by atoms with Crippen LogP contribution < -0.4 is 4.74 Å². The van der Waals surface area contributed by atoms with Gasteiger partial charge in [0.2, 0.25) is 0 Å². The topological polar surface area (TPSA) is 61.8 Å². The lowest BCUT2D eigenvalue weighted by molar-refractivity contribution is -0.145. The van der Waals surface area contributed by atoms with Crippen molar-refractivity contribution in [3.05, 3.63) is 63.4 Å². The maximum absolute atomic E-state index is 13.6.